The summed E-state index contributed by atoms with van der Waals surface area (Å²) in [4.78, 5) is 85.5. The number of carboxylic acids is 3. The molecule has 0 aliphatic carbocycles. The van der Waals surface area contributed by atoms with Gasteiger partial charge in [-0.05, 0) is 71.8 Å². The Hall–Kier alpha value is -5.78. The fourth-order valence-electron chi connectivity index (χ4n) is 9.49. The minimum Gasteiger partial charge on any atom is -0.480 e. The van der Waals surface area contributed by atoms with Gasteiger partial charge in [-0.1, -0.05) is 34.3 Å². The van der Waals surface area contributed by atoms with Crippen LogP contribution in [0.2, 0.25) is 0 Å². The normalized spacial score (nSPS) is 21.4. The van der Waals surface area contributed by atoms with Gasteiger partial charge in [-0.2, -0.15) is 15.1 Å². The second-order valence-corrected chi connectivity index (χ2v) is 19.6. The summed E-state index contributed by atoms with van der Waals surface area (Å²) in [5, 5.41) is 43.7. The molecule has 0 spiro atoms. The molecule has 23 heteroatoms. The lowest BCUT2D eigenvalue weighted by Crippen LogP contribution is -2.58. The summed E-state index contributed by atoms with van der Waals surface area (Å²) in [5.74, 6) is -2.90. The molecule has 2 amide bonds. The highest BCUT2D eigenvalue weighted by Crippen LogP contribution is 2.31. The molecule has 5 rings (SSSR count). The van der Waals surface area contributed by atoms with Crippen LogP contribution in [0.5, 0.6) is 0 Å². The summed E-state index contributed by atoms with van der Waals surface area (Å²) in [6.45, 7) is 19.6. The predicted octanol–water partition coefficient (Wildman–Crippen LogP) is 3.01. The number of halogens is 1. The van der Waals surface area contributed by atoms with Crippen LogP contribution in [0.4, 0.5) is 21.8 Å². The number of hydrogen-bond donors (Lipinski definition) is 6. The van der Waals surface area contributed by atoms with E-state index in [-0.39, 0.29) is 68.8 Å². The van der Waals surface area contributed by atoms with E-state index in [2.05, 4.69) is 27.5 Å². The molecule has 2 aliphatic heterocycles. The van der Waals surface area contributed by atoms with Gasteiger partial charge >= 0.3 is 17.9 Å². The van der Waals surface area contributed by atoms with Crippen molar-refractivity contribution in [2.75, 3.05) is 88.8 Å². The largest absolute Gasteiger partial charge is 0.480 e. The molecule has 0 saturated carbocycles. The summed E-state index contributed by atoms with van der Waals surface area (Å²) in [6, 6.07) is -1.59. The van der Waals surface area contributed by atoms with Gasteiger partial charge in [0.15, 0.2) is 17.0 Å². The zero-order valence-corrected chi connectivity index (χ0v) is 42.6. The van der Waals surface area contributed by atoms with Gasteiger partial charge in [-0.3, -0.25) is 48.3 Å². The second-order valence-electron chi connectivity index (χ2n) is 19.6. The Morgan fingerprint density at radius 1 is 0.803 bits per heavy atom. The third kappa shape index (κ3) is 15.9. The number of aryl methyl sites for hydroxylation is 2. The number of aliphatic carboxylic acids is 3. The average Bonchev–Trinajstić information content (AvgIpc) is 4.03. The molecule has 2 saturated heterocycles. The number of fused-ring (bicyclic) bond motifs is 1. The van der Waals surface area contributed by atoms with E-state index in [0.717, 1.165) is 30.3 Å². The van der Waals surface area contributed by atoms with Crippen molar-refractivity contribution in [2.24, 2.45) is 0 Å². The van der Waals surface area contributed by atoms with Crippen molar-refractivity contribution < 1.29 is 43.7 Å². The van der Waals surface area contributed by atoms with E-state index >= 15 is 4.39 Å². The topological polar surface area (TPSA) is 260 Å². The molecule has 2 fully saturated rings. The van der Waals surface area contributed by atoms with Crippen LogP contribution >= 0.6 is 0 Å². The molecular weight excluding hydrogens is 920 g/mol. The number of carbonyl (C=O) groups excluding carboxylic acids is 2. The highest BCUT2D eigenvalue weighted by atomic mass is 19.1. The molecule has 5 atom stereocenters. The van der Waals surface area contributed by atoms with Gasteiger partial charge in [0.2, 0.25) is 17.8 Å². The lowest BCUT2D eigenvalue weighted by Gasteiger charge is -2.43. The summed E-state index contributed by atoms with van der Waals surface area (Å²) in [5.41, 5.74) is 2.32. The van der Waals surface area contributed by atoms with E-state index < -0.39 is 36.0 Å². The first-order chi connectivity index (χ1) is 33.8. The van der Waals surface area contributed by atoms with E-state index in [1.165, 1.54) is 0 Å². The summed E-state index contributed by atoms with van der Waals surface area (Å²) in [7, 11) is 0. The first-order valence-electron chi connectivity index (χ1n) is 25.0. The molecule has 3 aromatic rings. The summed E-state index contributed by atoms with van der Waals surface area (Å²) >= 11 is 0. The van der Waals surface area contributed by atoms with Gasteiger partial charge < -0.3 is 40.7 Å². The van der Waals surface area contributed by atoms with Gasteiger partial charge in [0.05, 0.1) is 56.5 Å². The van der Waals surface area contributed by atoms with Crippen LogP contribution in [-0.2, 0) is 42.5 Å². The Labute approximate surface area is 416 Å². The van der Waals surface area contributed by atoms with Crippen LogP contribution in [0.1, 0.15) is 92.7 Å². The summed E-state index contributed by atoms with van der Waals surface area (Å²) < 4.78 is 19.0. The molecule has 5 heterocycles. The number of aromatic nitrogens is 6. The van der Waals surface area contributed by atoms with E-state index in [1.54, 1.807) is 11.2 Å². The number of carbonyl (C=O) groups is 5. The molecular formula is C48H77FN14O8. The standard InChI is InChI=1S/C48H77FN14O8/c1-9-32-21-57(19-20-58(28-41(66)67)33(10-2)22-60(30-43(70)71)34(11-3)23-59(32)29-42(68)69)27-40(65)50-17-15-14-16-18-62-26-38(36(12-4)56-62)53-45-44-46(63(31-51-44)48(6,7)8)55-47(54-45)61-24-35(49)37(25-61)52-39(64)13-5/h13,26,31-35,37H,5,9-12,14-25,27-30H2,1-4,6-8H3,(H,50,65)(H,52,64)(H,66,67)(H,68,69)(H,70,71)(H,53,54,55)/t32-,33-,34-,35+,37+/m0/s1. The number of amides is 2. The zero-order chi connectivity index (χ0) is 52.0. The van der Waals surface area contributed by atoms with E-state index in [1.807, 2.05) is 83.5 Å². The van der Waals surface area contributed by atoms with E-state index in [4.69, 9.17) is 15.1 Å². The Bertz CT molecular complexity index is 2290. The highest BCUT2D eigenvalue weighted by molar-refractivity contribution is 5.88. The number of rotatable bonds is 23. The molecule has 0 aromatic carbocycles. The van der Waals surface area contributed by atoms with Crippen LogP contribution in [0.15, 0.2) is 25.2 Å². The predicted molar refractivity (Wildman–Crippen MR) is 268 cm³/mol. The molecule has 22 nitrogen and oxygen atoms in total. The van der Waals surface area contributed by atoms with Gasteiger partial charge in [0, 0.05) is 82.2 Å². The average molecular weight is 997 g/mol. The molecule has 0 unspecified atom stereocenters. The molecule has 2 aliphatic rings. The van der Waals surface area contributed by atoms with Crippen LogP contribution in [-0.4, -0.2) is 203 Å². The first kappa shape index (κ1) is 56.1. The Balaban J connectivity index is 1.22. The van der Waals surface area contributed by atoms with Crippen molar-refractivity contribution in [3.8, 4) is 0 Å². The Kier molecular flexibility index (Phi) is 20.6. The third-order valence-corrected chi connectivity index (χ3v) is 13.4. The molecule has 3 aromatic heterocycles. The maximum absolute atomic E-state index is 15.2. The van der Waals surface area contributed by atoms with Gasteiger partial charge in [0.1, 0.15) is 6.17 Å². The Morgan fingerprint density at radius 3 is 2.01 bits per heavy atom. The number of nitrogens with one attached hydrogen (secondary N) is 3. The van der Waals surface area contributed by atoms with Crippen molar-refractivity contribution in [3.05, 3.63) is 30.9 Å². The number of anilines is 3. The van der Waals surface area contributed by atoms with Crippen molar-refractivity contribution >= 4 is 58.3 Å². The number of carboxylic acid groups (broad SMARTS) is 3. The molecule has 71 heavy (non-hydrogen) atoms. The SMILES string of the molecule is C=CC(=O)N[C@@H]1CN(c2nc(Nc3cn(CCCCCNC(=O)CN4CCN(CC(=O)O)[C@@H](CC)CN(CC(=O)O)[C@@H](CC)CN(CC(=O)O)[C@@H](CC)C4)nc3CC)c3ncn(C(C)(C)C)c3n2)C[C@H]1F. The maximum Gasteiger partial charge on any atom is 0.317 e. The number of unbranched alkanes of at least 4 members (excludes halogenated alkanes) is 2. The fraction of sp³-hybridized carbons (Fsp3) is 0.688. The number of nitrogens with zero attached hydrogens (tertiary/aromatic N) is 11. The molecule has 394 valence electrons. The van der Waals surface area contributed by atoms with Gasteiger partial charge in [-0.15, -0.1) is 0 Å². The third-order valence-electron chi connectivity index (χ3n) is 13.4. The van der Waals surface area contributed by atoms with E-state index in [9.17, 15) is 39.3 Å². The zero-order valence-electron chi connectivity index (χ0n) is 42.6. The van der Waals surface area contributed by atoms with Crippen LogP contribution < -0.4 is 20.9 Å². The number of hydrogen-bond acceptors (Lipinski definition) is 15. The fourth-order valence-corrected chi connectivity index (χ4v) is 9.49. The highest BCUT2D eigenvalue weighted by Gasteiger charge is 2.37. The number of imidazole rings is 1. The monoisotopic (exact) mass is 997 g/mol. The molecule has 0 radical (unpaired) electrons. The van der Waals surface area contributed by atoms with Crippen LogP contribution in [0, 0.1) is 0 Å². The minimum absolute atomic E-state index is 0.00154. The molecule has 0 bridgehead atoms. The van der Waals surface area contributed by atoms with Crippen molar-refractivity contribution in [2.45, 2.75) is 136 Å². The first-order valence-corrected chi connectivity index (χ1v) is 25.0. The number of alkyl halides is 1. The molecule has 6 N–H and O–H groups in total. The van der Waals surface area contributed by atoms with Crippen molar-refractivity contribution in [1.82, 2.24) is 59.5 Å². The van der Waals surface area contributed by atoms with Crippen molar-refractivity contribution in [1.29, 1.82) is 0 Å². The van der Waals surface area contributed by atoms with Crippen LogP contribution in [0.3, 0.4) is 0 Å². The van der Waals surface area contributed by atoms with Crippen LogP contribution in [0.25, 0.3) is 11.2 Å². The van der Waals surface area contributed by atoms with E-state index in [0.29, 0.717) is 101 Å². The lowest BCUT2D eigenvalue weighted by atomic mass is 10.0. The quantitative estimate of drug-likeness (QED) is 0.0589. The van der Waals surface area contributed by atoms with Gasteiger partial charge in [-0.25, -0.2) is 9.37 Å². The maximum atomic E-state index is 15.2. The minimum atomic E-state index is -1.33. The second kappa shape index (κ2) is 26.1. The van der Waals surface area contributed by atoms with Crippen molar-refractivity contribution in [3.63, 3.8) is 0 Å². The Morgan fingerprint density at radius 2 is 1.42 bits per heavy atom. The van der Waals surface area contributed by atoms with Gasteiger partial charge in [0.25, 0.3) is 0 Å². The summed E-state index contributed by atoms with van der Waals surface area (Å²) in [6.07, 6.45) is 8.08. The smallest absolute Gasteiger partial charge is 0.317 e. The lowest BCUT2D eigenvalue weighted by molar-refractivity contribution is -0.142.